The molecule has 12 heavy (non-hydrogen) atoms. The molecule has 3 unspecified atom stereocenters. The van der Waals surface area contributed by atoms with Crippen LogP contribution in [0, 0.1) is 0 Å². The minimum Gasteiger partial charge on any atom is -0.375 e. The summed E-state index contributed by atoms with van der Waals surface area (Å²) in [6.07, 6.45) is 3.86. The second kappa shape index (κ2) is 3.32. The number of ether oxygens (including phenoxy) is 1. The Balaban J connectivity index is 2.00. The summed E-state index contributed by atoms with van der Waals surface area (Å²) in [5.74, 6) is 0. The van der Waals surface area contributed by atoms with Gasteiger partial charge in [-0.25, -0.2) is 0 Å². The number of likely N-dealkylation sites (N-methyl/N-ethyl adjacent to an activating group) is 1. The lowest BCUT2D eigenvalue weighted by Gasteiger charge is -2.43. The number of nitrogens with two attached hydrogens (primary N) is 1. The Morgan fingerprint density at radius 3 is 3.08 bits per heavy atom. The molecule has 1 aliphatic carbocycles. The van der Waals surface area contributed by atoms with Crippen molar-refractivity contribution in [1.29, 1.82) is 0 Å². The van der Waals surface area contributed by atoms with Crippen molar-refractivity contribution in [3.63, 3.8) is 0 Å². The largest absolute Gasteiger partial charge is 0.375 e. The predicted octanol–water partition coefficient (Wildman–Crippen LogP) is 0.197. The van der Waals surface area contributed by atoms with Gasteiger partial charge in [0.1, 0.15) is 0 Å². The van der Waals surface area contributed by atoms with Gasteiger partial charge in [-0.15, -0.1) is 0 Å². The third-order valence-electron chi connectivity index (χ3n) is 3.14. The van der Waals surface area contributed by atoms with E-state index in [0.29, 0.717) is 18.2 Å². The second-order valence-corrected chi connectivity index (χ2v) is 4.03. The molecule has 3 atom stereocenters. The molecule has 1 heterocycles. The summed E-state index contributed by atoms with van der Waals surface area (Å²) >= 11 is 0. The third-order valence-corrected chi connectivity index (χ3v) is 3.14. The molecule has 1 saturated carbocycles. The fraction of sp³-hybridized carbons (Fsp3) is 1.00. The van der Waals surface area contributed by atoms with Crippen LogP contribution in [0.15, 0.2) is 0 Å². The Labute approximate surface area is 73.9 Å². The van der Waals surface area contributed by atoms with Gasteiger partial charge in [-0.05, 0) is 26.3 Å². The molecule has 1 saturated heterocycles. The summed E-state index contributed by atoms with van der Waals surface area (Å²) in [4.78, 5) is 2.40. The molecule has 0 aromatic heterocycles. The van der Waals surface area contributed by atoms with Crippen LogP contribution in [0.3, 0.4) is 0 Å². The minimum atomic E-state index is 0.399. The van der Waals surface area contributed by atoms with Crippen molar-refractivity contribution >= 4 is 0 Å². The first-order chi connectivity index (χ1) is 5.77. The van der Waals surface area contributed by atoms with Crippen molar-refractivity contribution in [1.82, 2.24) is 4.90 Å². The SMILES string of the molecule is CN1CCOC2CCC(N)CC21. The first-order valence-electron chi connectivity index (χ1n) is 4.85. The summed E-state index contributed by atoms with van der Waals surface area (Å²) in [5.41, 5.74) is 5.92. The Bertz CT molecular complexity index is 163. The fourth-order valence-corrected chi connectivity index (χ4v) is 2.32. The lowest BCUT2D eigenvalue weighted by atomic mass is 9.87. The highest BCUT2D eigenvalue weighted by molar-refractivity contribution is 4.90. The lowest BCUT2D eigenvalue weighted by Crippen LogP contribution is -2.54. The van der Waals surface area contributed by atoms with Crippen LogP contribution in [0.4, 0.5) is 0 Å². The fourth-order valence-electron chi connectivity index (χ4n) is 2.32. The van der Waals surface area contributed by atoms with E-state index < -0.39 is 0 Å². The van der Waals surface area contributed by atoms with E-state index in [1.165, 1.54) is 0 Å². The Kier molecular flexibility index (Phi) is 2.35. The molecule has 1 aliphatic heterocycles. The number of nitrogens with zero attached hydrogens (tertiary/aromatic N) is 1. The molecule has 2 aliphatic rings. The van der Waals surface area contributed by atoms with Gasteiger partial charge in [-0.1, -0.05) is 0 Å². The van der Waals surface area contributed by atoms with Crippen LogP contribution in [0.25, 0.3) is 0 Å². The third kappa shape index (κ3) is 1.49. The topological polar surface area (TPSA) is 38.5 Å². The van der Waals surface area contributed by atoms with Crippen LogP contribution in [-0.4, -0.2) is 43.3 Å². The zero-order chi connectivity index (χ0) is 8.55. The lowest BCUT2D eigenvalue weighted by molar-refractivity contribution is -0.0817. The van der Waals surface area contributed by atoms with E-state index in [1.54, 1.807) is 0 Å². The first kappa shape index (κ1) is 8.48. The summed E-state index contributed by atoms with van der Waals surface area (Å²) in [6.45, 7) is 1.96. The van der Waals surface area contributed by atoms with Crippen LogP contribution in [0.2, 0.25) is 0 Å². The average molecular weight is 170 g/mol. The molecule has 2 rings (SSSR count). The standard InChI is InChI=1S/C9H18N2O/c1-11-4-5-12-9-3-2-7(10)6-8(9)11/h7-9H,2-6,10H2,1H3. The van der Waals surface area contributed by atoms with Gasteiger partial charge in [0.25, 0.3) is 0 Å². The number of morpholine rings is 1. The number of fused-ring (bicyclic) bond motifs is 1. The number of hydrogen-bond acceptors (Lipinski definition) is 3. The van der Waals surface area contributed by atoms with Gasteiger partial charge < -0.3 is 10.5 Å². The Morgan fingerprint density at radius 2 is 2.25 bits per heavy atom. The van der Waals surface area contributed by atoms with Crippen LogP contribution >= 0.6 is 0 Å². The van der Waals surface area contributed by atoms with Crippen LogP contribution < -0.4 is 5.73 Å². The van der Waals surface area contributed by atoms with Gasteiger partial charge in [0.05, 0.1) is 12.7 Å². The Morgan fingerprint density at radius 1 is 1.42 bits per heavy atom. The molecule has 0 bridgehead atoms. The van der Waals surface area contributed by atoms with Crippen molar-refractivity contribution in [3.05, 3.63) is 0 Å². The summed E-state index contributed by atoms with van der Waals surface area (Å²) < 4.78 is 5.70. The molecule has 0 spiro atoms. The van der Waals surface area contributed by atoms with Crippen molar-refractivity contribution < 1.29 is 4.74 Å². The average Bonchev–Trinajstić information content (AvgIpc) is 2.07. The number of rotatable bonds is 0. The van der Waals surface area contributed by atoms with E-state index in [2.05, 4.69) is 11.9 Å². The van der Waals surface area contributed by atoms with Crippen molar-refractivity contribution in [2.24, 2.45) is 5.73 Å². The molecule has 3 nitrogen and oxygen atoms in total. The molecule has 2 fully saturated rings. The van der Waals surface area contributed by atoms with Gasteiger partial charge >= 0.3 is 0 Å². The van der Waals surface area contributed by atoms with E-state index in [4.69, 9.17) is 10.5 Å². The molecule has 0 aromatic rings. The van der Waals surface area contributed by atoms with Crippen molar-refractivity contribution in [2.75, 3.05) is 20.2 Å². The van der Waals surface area contributed by atoms with Gasteiger partial charge in [-0.3, -0.25) is 4.90 Å². The van der Waals surface area contributed by atoms with Crippen LogP contribution in [-0.2, 0) is 4.74 Å². The summed E-state index contributed by atoms with van der Waals surface area (Å²) in [7, 11) is 2.18. The maximum atomic E-state index is 5.92. The Hall–Kier alpha value is -0.120. The quantitative estimate of drug-likeness (QED) is 0.564. The maximum absolute atomic E-state index is 5.92. The molecule has 0 amide bonds. The highest BCUT2D eigenvalue weighted by Crippen LogP contribution is 2.26. The normalized spacial score (nSPS) is 44.0. The van der Waals surface area contributed by atoms with Crippen LogP contribution in [0.1, 0.15) is 19.3 Å². The van der Waals surface area contributed by atoms with E-state index in [1.807, 2.05) is 0 Å². The maximum Gasteiger partial charge on any atom is 0.0731 e. The molecule has 3 heteroatoms. The second-order valence-electron chi connectivity index (χ2n) is 4.03. The molecule has 70 valence electrons. The van der Waals surface area contributed by atoms with Crippen molar-refractivity contribution in [3.8, 4) is 0 Å². The van der Waals surface area contributed by atoms with E-state index in [9.17, 15) is 0 Å². The minimum absolute atomic E-state index is 0.399. The molecule has 0 aromatic carbocycles. The van der Waals surface area contributed by atoms with Gasteiger partial charge in [0.15, 0.2) is 0 Å². The van der Waals surface area contributed by atoms with E-state index in [0.717, 1.165) is 32.4 Å². The number of hydrogen-bond donors (Lipinski definition) is 1. The molecule has 2 N–H and O–H groups in total. The highest BCUT2D eigenvalue weighted by atomic mass is 16.5. The van der Waals surface area contributed by atoms with E-state index in [-0.39, 0.29) is 0 Å². The smallest absolute Gasteiger partial charge is 0.0731 e. The predicted molar refractivity (Wildman–Crippen MR) is 48.0 cm³/mol. The molecule has 0 radical (unpaired) electrons. The zero-order valence-corrected chi connectivity index (χ0v) is 7.70. The highest BCUT2D eigenvalue weighted by Gasteiger charge is 2.34. The van der Waals surface area contributed by atoms with E-state index >= 15 is 0 Å². The van der Waals surface area contributed by atoms with Crippen molar-refractivity contribution in [2.45, 2.75) is 37.5 Å². The first-order valence-corrected chi connectivity index (χ1v) is 4.85. The summed E-state index contributed by atoms with van der Waals surface area (Å²) in [5, 5.41) is 0. The molecular formula is C9H18N2O. The summed E-state index contributed by atoms with van der Waals surface area (Å²) in [6, 6.07) is 0.984. The zero-order valence-electron chi connectivity index (χ0n) is 7.70. The molecular weight excluding hydrogens is 152 g/mol. The van der Waals surface area contributed by atoms with Gasteiger partial charge in [0.2, 0.25) is 0 Å². The van der Waals surface area contributed by atoms with Crippen LogP contribution in [0.5, 0.6) is 0 Å². The monoisotopic (exact) mass is 170 g/mol. The van der Waals surface area contributed by atoms with Gasteiger partial charge in [-0.2, -0.15) is 0 Å². The van der Waals surface area contributed by atoms with Gasteiger partial charge in [0, 0.05) is 18.6 Å².